The molecule has 6 heteroatoms. The molecule has 2 aromatic carbocycles. The number of anilines is 2. The lowest BCUT2D eigenvalue weighted by molar-refractivity contribution is -0.118. The number of carbonyl (C=O) groups excluding carboxylic acids is 1. The maximum absolute atomic E-state index is 13.2. The van der Waals surface area contributed by atoms with Crippen LogP contribution in [0.25, 0.3) is 0 Å². The average molecular weight is 466 g/mol. The highest BCUT2D eigenvalue weighted by Crippen LogP contribution is 2.47. The lowest BCUT2D eigenvalue weighted by atomic mass is 9.73. The third-order valence-electron chi connectivity index (χ3n) is 5.07. The van der Waals surface area contributed by atoms with Gasteiger partial charge in [0.25, 0.3) is 0 Å². The van der Waals surface area contributed by atoms with Gasteiger partial charge < -0.3 is 10.6 Å². The number of fused-ring (bicyclic) bond motifs is 1. The zero-order valence-corrected chi connectivity index (χ0v) is 18.1. The molecule has 0 amide bonds. The summed E-state index contributed by atoms with van der Waals surface area (Å²) in [5, 5.41) is 8.18. The zero-order chi connectivity index (χ0) is 19.3. The highest BCUT2D eigenvalue weighted by molar-refractivity contribution is 9.10. The van der Waals surface area contributed by atoms with Gasteiger partial charge in [-0.05, 0) is 57.6 Å². The first kappa shape index (κ1) is 18.9. The second-order valence-corrected chi connectivity index (χ2v) is 9.56. The summed E-state index contributed by atoms with van der Waals surface area (Å²) in [6, 6.07) is 11.0. The molecule has 4 rings (SSSR count). The third-order valence-corrected chi connectivity index (χ3v) is 6.29. The van der Waals surface area contributed by atoms with Gasteiger partial charge in [-0.25, -0.2) is 0 Å². The predicted octanol–water partition coefficient (Wildman–Crippen LogP) is 6.98. The molecule has 0 radical (unpaired) electrons. The van der Waals surface area contributed by atoms with Crippen molar-refractivity contribution in [2.24, 2.45) is 5.41 Å². The Kier molecular flexibility index (Phi) is 4.77. The van der Waals surface area contributed by atoms with Gasteiger partial charge in [-0.2, -0.15) is 0 Å². The fraction of sp³-hybridized carbons (Fsp3) is 0.286. The van der Waals surface area contributed by atoms with Crippen LogP contribution >= 0.6 is 39.1 Å². The maximum Gasteiger partial charge on any atom is 0.163 e. The highest BCUT2D eigenvalue weighted by Gasteiger charge is 2.39. The van der Waals surface area contributed by atoms with Gasteiger partial charge in [0.2, 0.25) is 0 Å². The second kappa shape index (κ2) is 6.84. The van der Waals surface area contributed by atoms with Crippen molar-refractivity contribution >= 4 is 56.3 Å². The van der Waals surface area contributed by atoms with Gasteiger partial charge in [0, 0.05) is 32.2 Å². The first-order chi connectivity index (χ1) is 12.7. The molecule has 0 saturated heterocycles. The van der Waals surface area contributed by atoms with E-state index in [-0.39, 0.29) is 17.2 Å². The topological polar surface area (TPSA) is 41.1 Å². The van der Waals surface area contributed by atoms with E-state index >= 15 is 0 Å². The van der Waals surface area contributed by atoms with Crippen molar-refractivity contribution < 1.29 is 4.79 Å². The number of nitrogens with one attached hydrogen (secondary N) is 2. The van der Waals surface area contributed by atoms with E-state index in [1.807, 2.05) is 24.3 Å². The number of para-hydroxylation sites is 1. The van der Waals surface area contributed by atoms with E-state index in [0.717, 1.165) is 39.1 Å². The largest absolute Gasteiger partial charge is 0.371 e. The Hall–Kier alpha value is -1.49. The van der Waals surface area contributed by atoms with Gasteiger partial charge in [0.1, 0.15) is 0 Å². The quantitative estimate of drug-likeness (QED) is 0.477. The molecule has 0 aromatic heterocycles. The number of ketones is 1. The molecule has 2 aromatic rings. The number of rotatable bonds is 1. The van der Waals surface area contributed by atoms with Crippen LogP contribution in [0.2, 0.25) is 10.0 Å². The minimum Gasteiger partial charge on any atom is -0.371 e. The SMILES string of the molecule is CC1(C)CC(=O)C2=C(C1)Nc1cccc(Br)c1NC2c1ccc(Cl)cc1Cl. The summed E-state index contributed by atoms with van der Waals surface area (Å²) >= 11 is 16.2. The maximum atomic E-state index is 13.2. The fourth-order valence-electron chi connectivity index (χ4n) is 3.90. The minimum atomic E-state index is -0.346. The average Bonchev–Trinajstić information content (AvgIpc) is 2.71. The number of Topliss-reactive ketones (excluding diaryl/α,β-unsaturated/α-hetero) is 1. The zero-order valence-electron chi connectivity index (χ0n) is 15.0. The Morgan fingerprint density at radius 3 is 2.67 bits per heavy atom. The standard InChI is InChI=1S/C21H19BrCl2N2O/c1-21(2)9-16-18(17(27)10-21)19(12-7-6-11(23)8-14(12)24)26-20-13(22)4-3-5-15(20)25-16/h3-8,19,25-26H,9-10H2,1-2H3. The van der Waals surface area contributed by atoms with E-state index < -0.39 is 0 Å². The molecule has 0 bridgehead atoms. The van der Waals surface area contributed by atoms with Crippen molar-refractivity contribution in [1.29, 1.82) is 0 Å². The molecule has 0 fully saturated rings. The van der Waals surface area contributed by atoms with Crippen molar-refractivity contribution in [1.82, 2.24) is 0 Å². The van der Waals surface area contributed by atoms with Crippen LogP contribution in [0.1, 0.15) is 38.3 Å². The predicted molar refractivity (Wildman–Crippen MR) is 116 cm³/mol. The summed E-state index contributed by atoms with van der Waals surface area (Å²) in [5.41, 5.74) is 4.31. The van der Waals surface area contributed by atoms with Crippen LogP contribution in [0, 0.1) is 5.41 Å². The van der Waals surface area contributed by atoms with E-state index in [2.05, 4.69) is 40.4 Å². The number of halogens is 3. The van der Waals surface area contributed by atoms with Gasteiger partial charge in [-0.3, -0.25) is 4.79 Å². The molecule has 1 heterocycles. The van der Waals surface area contributed by atoms with Crippen molar-refractivity contribution in [2.45, 2.75) is 32.7 Å². The molecule has 0 saturated carbocycles. The van der Waals surface area contributed by atoms with Crippen molar-refractivity contribution in [3.05, 3.63) is 67.7 Å². The molecule has 2 aliphatic rings. The monoisotopic (exact) mass is 464 g/mol. The van der Waals surface area contributed by atoms with Crippen LogP contribution in [0.5, 0.6) is 0 Å². The Morgan fingerprint density at radius 1 is 1.15 bits per heavy atom. The third kappa shape index (κ3) is 3.51. The van der Waals surface area contributed by atoms with Crippen LogP contribution in [-0.4, -0.2) is 5.78 Å². The van der Waals surface area contributed by atoms with Crippen LogP contribution in [0.15, 0.2) is 52.1 Å². The molecular formula is C21H19BrCl2N2O. The number of allylic oxidation sites excluding steroid dienone is 1. The summed E-state index contributed by atoms with van der Waals surface area (Å²) < 4.78 is 0.925. The lowest BCUT2D eigenvalue weighted by Crippen LogP contribution is -2.31. The number of benzene rings is 2. The van der Waals surface area contributed by atoms with Gasteiger partial charge in [0.05, 0.1) is 17.4 Å². The van der Waals surface area contributed by atoms with Crippen LogP contribution in [-0.2, 0) is 4.79 Å². The smallest absolute Gasteiger partial charge is 0.163 e. The molecule has 1 aliphatic carbocycles. The second-order valence-electron chi connectivity index (χ2n) is 7.86. The van der Waals surface area contributed by atoms with Crippen molar-refractivity contribution in [2.75, 3.05) is 10.6 Å². The molecule has 140 valence electrons. The molecule has 1 unspecified atom stereocenters. The van der Waals surface area contributed by atoms with Crippen LogP contribution in [0.4, 0.5) is 11.4 Å². The Labute approximate surface area is 177 Å². The van der Waals surface area contributed by atoms with Crippen molar-refractivity contribution in [3.8, 4) is 0 Å². The minimum absolute atomic E-state index is 0.0895. The summed E-state index contributed by atoms with van der Waals surface area (Å²) in [4.78, 5) is 13.2. The van der Waals surface area contributed by atoms with Gasteiger partial charge in [-0.1, -0.05) is 49.2 Å². The summed E-state index contributed by atoms with van der Waals surface area (Å²) in [5.74, 6) is 0.140. The summed E-state index contributed by atoms with van der Waals surface area (Å²) in [6.07, 6.45) is 1.30. The molecule has 27 heavy (non-hydrogen) atoms. The van der Waals surface area contributed by atoms with E-state index in [1.54, 1.807) is 12.1 Å². The number of carbonyl (C=O) groups is 1. The Morgan fingerprint density at radius 2 is 1.93 bits per heavy atom. The normalized spacial score (nSPS) is 20.9. The van der Waals surface area contributed by atoms with E-state index in [0.29, 0.717) is 16.5 Å². The molecule has 2 N–H and O–H groups in total. The highest BCUT2D eigenvalue weighted by atomic mass is 79.9. The summed E-state index contributed by atoms with van der Waals surface area (Å²) in [7, 11) is 0. The first-order valence-corrected chi connectivity index (χ1v) is 10.3. The van der Waals surface area contributed by atoms with Crippen molar-refractivity contribution in [3.63, 3.8) is 0 Å². The van der Waals surface area contributed by atoms with Crippen LogP contribution < -0.4 is 10.6 Å². The molecule has 1 atom stereocenters. The molecule has 3 nitrogen and oxygen atoms in total. The number of hydrogen-bond acceptors (Lipinski definition) is 3. The molecular weight excluding hydrogens is 447 g/mol. The van der Waals surface area contributed by atoms with Gasteiger partial charge in [0.15, 0.2) is 5.78 Å². The van der Waals surface area contributed by atoms with E-state index in [1.165, 1.54) is 0 Å². The molecule has 1 aliphatic heterocycles. The van der Waals surface area contributed by atoms with E-state index in [9.17, 15) is 4.79 Å². The fourth-order valence-corrected chi connectivity index (χ4v) is 4.90. The molecule has 0 spiro atoms. The summed E-state index contributed by atoms with van der Waals surface area (Å²) in [6.45, 7) is 4.25. The van der Waals surface area contributed by atoms with E-state index in [4.69, 9.17) is 23.2 Å². The number of hydrogen-bond donors (Lipinski definition) is 2. The van der Waals surface area contributed by atoms with Gasteiger partial charge >= 0.3 is 0 Å². The Bertz CT molecular complexity index is 984. The Balaban J connectivity index is 1.94. The van der Waals surface area contributed by atoms with Gasteiger partial charge in [-0.15, -0.1) is 0 Å². The first-order valence-electron chi connectivity index (χ1n) is 8.78. The van der Waals surface area contributed by atoms with Crippen LogP contribution in [0.3, 0.4) is 0 Å². The lowest BCUT2D eigenvalue weighted by Gasteiger charge is -2.34.